The number of carbonyl (C=O) groups excluding carboxylic acids is 1. The van der Waals surface area contributed by atoms with Crippen molar-refractivity contribution in [1.82, 2.24) is 5.32 Å². The fourth-order valence-electron chi connectivity index (χ4n) is 4.38. The highest BCUT2D eigenvalue weighted by molar-refractivity contribution is 6.30. The van der Waals surface area contributed by atoms with Gasteiger partial charge in [0.05, 0.1) is 12.9 Å². The number of furan rings is 1. The first kappa shape index (κ1) is 21.5. The first-order valence-corrected chi connectivity index (χ1v) is 11.3. The molecule has 31 heavy (non-hydrogen) atoms. The average Bonchev–Trinajstić information content (AvgIpc) is 3.40. The molecular formula is C26H28ClNO3. The van der Waals surface area contributed by atoms with E-state index >= 15 is 0 Å². The van der Waals surface area contributed by atoms with Gasteiger partial charge in [-0.2, -0.15) is 0 Å². The lowest BCUT2D eigenvalue weighted by Crippen LogP contribution is -2.31. The van der Waals surface area contributed by atoms with E-state index in [-0.39, 0.29) is 11.9 Å². The van der Waals surface area contributed by atoms with Gasteiger partial charge in [-0.15, -0.1) is 0 Å². The van der Waals surface area contributed by atoms with E-state index in [0.29, 0.717) is 11.6 Å². The maximum absolute atomic E-state index is 12.6. The number of fused-ring (bicyclic) bond motifs is 1. The predicted octanol–water partition coefficient (Wildman–Crippen LogP) is 6.92. The Labute approximate surface area is 188 Å². The Balaban J connectivity index is 1.77. The van der Waals surface area contributed by atoms with E-state index in [9.17, 15) is 4.79 Å². The summed E-state index contributed by atoms with van der Waals surface area (Å²) in [5.74, 6) is 0.712. The number of allylic oxidation sites excluding steroid dienone is 1. The molecule has 1 fully saturated rings. The maximum atomic E-state index is 12.6. The summed E-state index contributed by atoms with van der Waals surface area (Å²) >= 11 is 6.06. The van der Waals surface area contributed by atoms with Crippen LogP contribution in [0.25, 0.3) is 27.7 Å². The van der Waals surface area contributed by atoms with Crippen LogP contribution in [0.3, 0.4) is 0 Å². The molecule has 1 amide bonds. The number of hydrogen-bond acceptors (Lipinski definition) is 3. The van der Waals surface area contributed by atoms with Crippen molar-refractivity contribution in [1.29, 1.82) is 0 Å². The molecule has 0 unspecified atom stereocenters. The normalized spacial score (nSPS) is 14.9. The van der Waals surface area contributed by atoms with E-state index < -0.39 is 0 Å². The van der Waals surface area contributed by atoms with Crippen molar-refractivity contribution in [3.05, 3.63) is 58.8 Å². The van der Waals surface area contributed by atoms with Crippen molar-refractivity contribution in [2.24, 2.45) is 0 Å². The highest BCUT2D eigenvalue weighted by atomic mass is 35.5. The summed E-state index contributed by atoms with van der Waals surface area (Å²) in [6.45, 7) is 6.45. The Morgan fingerprint density at radius 3 is 2.65 bits per heavy atom. The van der Waals surface area contributed by atoms with Crippen molar-refractivity contribution in [2.75, 3.05) is 6.61 Å². The van der Waals surface area contributed by atoms with Gasteiger partial charge in [-0.3, -0.25) is 4.79 Å². The third-order valence-electron chi connectivity index (χ3n) is 5.96. The van der Waals surface area contributed by atoms with Crippen LogP contribution in [-0.2, 0) is 4.79 Å². The molecule has 0 saturated heterocycles. The summed E-state index contributed by atoms with van der Waals surface area (Å²) < 4.78 is 11.9. The van der Waals surface area contributed by atoms with Gasteiger partial charge >= 0.3 is 0 Å². The van der Waals surface area contributed by atoms with E-state index in [0.717, 1.165) is 57.4 Å². The van der Waals surface area contributed by atoms with Crippen molar-refractivity contribution < 1.29 is 13.9 Å². The quantitative estimate of drug-likeness (QED) is 0.425. The van der Waals surface area contributed by atoms with Gasteiger partial charge in [0.2, 0.25) is 5.91 Å². The van der Waals surface area contributed by atoms with Crippen molar-refractivity contribution >= 4 is 34.1 Å². The van der Waals surface area contributed by atoms with Crippen LogP contribution in [0.4, 0.5) is 0 Å². The highest BCUT2D eigenvalue weighted by Crippen LogP contribution is 2.41. The Bertz CT molecular complexity index is 1120. The van der Waals surface area contributed by atoms with Gasteiger partial charge in [-0.25, -0.2) is 0 Å². The molecule has 1 aliphatic rings. The molecule has 1 heterocycles. The molecule has 0 radical (unpaired) electrons. The van der Waals surface area contributed by atoms with Gasteiger partial charge in [-0.05, 0) is 62.9 Å². The number of amides is 1. The van der Waals surface area contributed by atoms with Crippen LogP contribution in [0.2, 0.25) is 5.02 Å². The third-order valence-corrected chi connectivity index (χ3v) is 6.21. The van der Waals surface area contributed by atoms with Crippen molar-refractivity contribution in [3.8, 4) is 16.9 Å². The molecule has 1 aromatic heterocycles. The first-order valence-electron chi connectivity index (χ1n) is 10.9. The fraction of sp³-hybridized carbons (Fsp3) is 0.346. The molecule has 1 N–H and O–H groups in total. The number of ether oxygens (including phenoxy) is 1. The summed E-state index contributed by atoms with van der Waals surface area (Å²) in [6.07, 6.45) is 7.95. The lowest BCUT2D eigenvalue weighted by atomic mass is 9.96. The Hall–Kier alpha value is -2.72. The zero-order chi connectivity index (χ0) is 22.0. The number of aryl methyl sites for hydroxylation is 1. The second kappa shape index (κ2) is 9.19. The van der Waals surface area contributed by atoms with Crippen LogP contribution < -0.4 is 10.1 Å². The van der Waals surface area contributed by atoms with Gasteiger partial charge in [-0.1, -0.05) is 36.6 Å². The average molecular weight is 438 g/mol. The second-order valence-electron chi connectivity index (χ2n) is 8.16. The Morgan fingerprint density at radius 2 is 1.97 bits per heavy atom. The van der Waals surface area contributed by atoms with Crippen LogP contribution in [0.5, 0.6) is 5.75 Å². The predicted molar refractivity (Wildman–Crippen MR) is 127 cm³/mol. The molecule has 0 atom stereocenters. The number of nitrogens with one attached hydrogen (secondary N) is 1. The fourth-order valence-corrected chi connectivity index (χ4v) is 4.51. The van der Waals surface area contributed by atoms with Gasteiger partial charge in [0.15, 0.2) is 0 Å². The molecule has 3 aromatic rings. The number of benzene rings is 2. The topological polar surface area (TPSA) is 51.5 Å². The van der Waals surface area contributed by atoms with Crippen LogP contribution in [0, 0.1) is 6.92 Å². The molecule has 0 aliphatic heterocycles. The van der Waals surface area contributed by atoms with Crippen LogP contribution in [-0.4, -0.2) is 18.6 Å². The molecule has 1 saturated carbocycles. The third kappa shape index (κ3) is 4.49. The SMILES string of the molecule is CCOc1c(/C(C)=C/C(=O)NC2CCCC2)cc2c(-c3ccc(Cl)cc3)coc2c1C. The van der Waals surface area contributed by atoms with Gasteiger partial charge in [0, 0.05) is 39.2 Å². The summed E-state index contributed by atoms with van der Waals surface area (Å²) in [5, 5.41) is 4.81. The van der Waals surface area contributed by atoms with Crippen molar-refractivity contribution in [2.45, 2.75) is 52.5 Å². The van der Waals surface area contributed by atoms with Gasteiger partial charge in [0.1, 0.15) is 11.3 Å². The van der Waals surface area contributed by atoms with Crippen LogP contribution >= 0.6 is 11.6 Å². The van der Waals surface area contributed by atoms with E-state index in [1.54, 1.807) is 12.3 Å². The number of hydrogen-bond donors (Lipinski definition) is 1. The molecule has 4 nitrogen and oxygen atoms in total. The number of carbonyl (C=O) groups is 1. The second-order valence-corrected chi connectivity index (χ2v) is 8.60. The first-order chi connectivity index (χ1) is 15.0. The summed E-state index contributed by atoms with van der Waals surface area (Å²) in [7, 11) is 0. The van der Waals surface area contributed by atoms with E-state index in [1.807, 2.05) is 45.0 Å². The largest absolute Gasteiger partial charge is 0.493 e. The molecule has 0 bridgehead atoms. The minimum absolute atomic E-state index is 0.0466. The van der Waals surface area contributed by atoms with Gasteiger partial charge in [0.25, 0.3) is 0 Å². The standard InChI is InChI=1S/C26H28ClNO3/c1-4-30-25-17(3)26-22(23(15-31-26)18-9-11-19(27)12-10-18)14-21(25)16(2)13-24(29)28-20-7-5-6-8-20/h9-15,20H,4-8H2,1-3H3,(H,28,29)/b16-13+. The lowest BCUT2D eigenvalue weighted by Gasteiger charge is -2.15. The monoisotopic (exact) mass is 437 g/mol. The van der Waals surface area contributed by atoms with Crippen LogP contribution in [0.15, 0.2) is 47.1 Å². The van der Waals surface area contributed by atoms with E-state index in [1.165, 1.54) is 12.8 Å². The highest BCUT2D eigenvalue weighted by Gasteiger charge is 2.20. The summed E-state index contributed by atoms with van der Waals surface area (Å²) in [5.41, 5.74) is 5.51. The molecule has 0 spiro atoms. The number of halogens is 1. The van der Waals surface area contributed by atoms with Crippen molar-refractivity contribution in [3.63, 3.8) is 0 Å². The number of rotatable bonds is 6. The molecule has 4 rings (SSSR count). The maximum Gasteiger partial charge on any atom is 0.244 e. The Kier molecular flexibility index (Phi) is 6.38. The minimum Gasteiger partial charge on any atom is -0.493 e. The van der Waals surface area contributed by atoms with E-state index in [4.69, 9.17) is 20.8 Å². The lowest BCUT2D eigenvalue weighted by molar-refractivity contribution is -0.117. The molecular weight excluding hydrogens is 410 g/mol. The summed E-state index contributed by atoms with van der Waals surface area (Å²) in [6, 6.07) is 10.1. The van der Waals surface area contributed by atoms with Crippen LogP contribution in [0.1, 0.15) is 50.7 Å². The summed E-state index contributed by atoms with van der Waals surface area (Å²) in [4.78, 5) is 12.6. The molecule has 5 heteroatoms. The molecule has 1 aliphatic carbocycles. The smallest absolute Gasteiger partial charge is 0.244 e. The van der Waals surface area contributed by atoms with E-state index in [2.05, 4.69) is 11.4 Å². The Morgan fingerprint density at radius 1 is 1.26 bits per heavy atom. The molecule has 162 valence electrons. The van der Waals surface area contributed by atoms with Gasteiger partial charge < -0.3 is 14.5 Å². The minimum atomic E-state index is -0.0466. The molecule has 2 aromatic carbocycles. The zero-order valence-electron chi connectivity index (χ0n) is 18.3. The zero-order valence-corrected chi connectivity index (χ0v) is 19.0.